The molecule has 0 unspecified atom stereocenters. The van der Waals surface area contributed by atoms with Crippen molar-refractivity contribution in [2.45, 2.75) is 13.1 Å². The van der Waals surface area contributed by atoms with E-state index in [1.54, 1.807) is 24.3 Å². The molecule has 0 saturated carbocycles. The van der Waals surface area contributed by atoms with Crippen LogP contribution in [0.3, 0.4) is 0 Å². The van der Waals surface area contributed by atoms with Crippen molar-refractivity contribution in [2.75, 3.05) is 20.6 Å². The lowest BCUT2D eigenvalue weighted by atomic mass is 10.4. The molecule has 19 heavy (non-hydrogen) atoms. The van der Waals surface area contributed by atoms with Gasteiger partial charge in [0.05, 0.1) is 13.1 Å². The van der Waals surface area contributed by atoms with Crippen molar-refractivity contribution in [1.82, 2.24) is 30.1 Å². The van der Waals surface area contributed by atoms with Crippen molar-refractivity contribution in [3.05, 3.63) is 30.7 Å². The molecule has 0 aromatic carbocycles. The molecule has 0 aliphatic carbocycles. The lowest BCUT2D eigenvalue weighted by Crippen LogP contribution is -2.39. The number of nitrogens with one attached hydrogen (secondary N) is 1. The maximum absolute atomic E-state index is 4.80. The molecule has 102 valence electrons. The zero-order chi connectivity index (χ0) is 13.5. The number of nitrogens with zero attached hydrogens (tertiary/aromatic N) is 6. The molecule has 0 spiro atoms. The molecule has 0 amide bonds. The third-order valence-electron chi connectivity index (χ3n) is 2.55. The Bertz CT molecular complexity index is 491. The van der Waals surface area contributed by atoms with Gasteiger partial charge >= 0.3 is 0 Å². The van der Waals surface area contributed by atoms with Crippen LogP contribution < -0.4 is 5.32 Å². The second-order valence-corrected chi connectivity index (χ2v) is 3.98. The Labute approximate surface area is 111 Å². The van der Waals surface area contributed by atoms with Gasteiger partial charge in [-0.1, -0.05) is 5.16 Å². The minimum absolute atomic E-state index is 0.638. The highest BCUT2D eigenvalue weighted by Crippen LogP contribution is 1.99. The second-order valence-electron chi connectivity index (χ2n) is 3.98. The Morgan fingerprint density at radius 2 is 2.47 bits per heavy atom. The van der Waals surface area contributed by atoms with E-state index in [0.717, 1.165) is 24.7 Å². The van der Waals surface area contributed by atoms with Crippen molar-refractivity contribution in [1.29, 1.82) is 0 Å². The van der Waals surface area contributed by atoms with Gasteiger partial charge in [0.25, 0.3) is 0 Å². The molecule has 0 saturated heterocycles. The van der Waals surface area contributed by atoms with Gasteiger partial charge in [-0.05, 0) is 0 Å². The van der Waals surface area contributed by atoms with Crippen LogP contribution in [-0.4, -0.2) is 51.4 Å². The molecule has 0 atom stereocenters. The number of hydrogen-bond donors (Lipinski definition) is 1. The minimum Gasteiger partial charge on any atom is -0.364 e. The highest BCUT2D eigenvalue weighted by Gasteiger charge is 2.07. The molecular weight excluding hydrogens is 246 g/mol. The number of aromatic nitrogens is 4. The Morgan fingerprint density at radius 3 is 3.11 bits per heavy atom. The SMILES string of the molecule is CN=C(NCCn1cncn1)N(C)Cc1ccon1. The average Bonchev–Trinajstić information content (AvgIpc) is 3.07. The molecule has 0 aliphatic rings. The quantitative estimate of drug-likeness (QED) is 0.602. The zero-order valence-electron chi connectivity index (χ0n) is 11.0. The zero-order valence-corrected chi connectivity index (χ0v) is 11.0. The van der Waals surface area contributed by atoms with Crippen LogP contribution in [-0.2, 0) is 13.1 Å². The van der Waals surface area contributed by atoms with Crippen molar-refractivity contribution >= 4 is 5.96 Å². The lowest BCUT2D eigenvalue weighted by Gasteiger charge is -2.20. The van der Waals surface area contributed by atoms with Gasteiger partial charge in [0, 0.05) is 26.7 Å². The first-order valence-corrected chi connectivity index (χ1v) is 5.93. The molecule has 8 nitrogen and oxygen atoms in total. The number of guanidine groups is 1. The third kappa shape index (κ3) is 3.80. The van der Waals surface area contributed by atoms with Crippen LogP contribution in [0.15, 0.2) is 34.5 Å². The maximum Gasteiger partial charge on any atom is 0.193 e. The summed E-state index contributed by atoms with van der Waals surface area (Å²) in [6.45, 7) is 2.09. The summed E-state index contributed by atoms with van der Waals surface area (Å²) in [6, 6.07) is 1.83. The topological polar surface area (TPSA) is 84.4 Å². The van der Waals surface area contributed by atoms with Gasteiger partial charge in [0.1, 0.15) is 24.6 Å². The molecule has 0 fully saturated rings. The van der Waals surface area contributed by atoms with Crippen LogP contribution in [0.4, 0.5) is 0 Å². The molecule has 2 aromatic heterocycles. The van der Waals surface area contributed by atoms with Crippen LogP contribution in [0.1, 0.15) is 5.69 Å². The second kappa shape index (κ2) is 6.53. The highest BCUT2D eigenvalue weighted by atomic mass is 16.5. The van der Waals surface area contributed by atoms with Crippen molar-refractivity contribution in [2.24, 2.45) is 4.99 Å². The minimum atomic E-state index is 0.638. The summed E-state index contributed by atoms with van der Waals surface area (Å²) in [7, 11) is 3.69. The van der Waals surface area contributed by atoms with Crippen LogP contribution in [0.5, 0.6) is 0 Å². The Morgan fingerprint density at radius 1 is 1.58 bits per heavy atom. The van der Waals surface area contributed by atoms with E-state index in [1.807, 2.05) is 18.0 Å². The standard InChI is InChI=1S/C11H17N7O/c1-12-11(14-4-5-18-9-13-8-15-18)17(2)7-10-3-6-19-16-10/h3,6,8-9H,4-5,7H2,1-2H3,(H,12,14). The molecule has 8 heteroatoms. The number of hydrogen-bond acceptors (Lipinski definition) is 5. The fraction of sp³-hybridized carbons (Fsp3) is 0.455. The van der Waals surface area contributed by atoms with Gasteiger partial charge in [-0.2, -0.15) is 5.10 Å². The van der Waals surface area contributed by atoms with Crippen LogP contribution >= 0.6 is 0 Å². The van der Waals surface area contributed by atoms with E-state index in [4.69, 9.17) is 4.52 Å². The van der Waals surface area contributed by atoms with Gasteiger partial charge in [-0.15, -0.1) is 0 Å². The largest absolute Gasteiger partial charge is 0.364 e. The summed E-state index contributed by atoms with van der Waals surface area (Å²) in [4.78, 5) is 10.1. The fourth-order valence-corrected chi connectivity index (χ4v) is 1.65. The number of rotatable bonds is 5. The predicted molar refractivity (Wildman–Crippen MR) is 69.4 cm³/mol. The van der Waals surface area contributed by atoms with Crippen molar-refractivity contribution in [3.8, 4) is 0 Å². The van der Waals surface area contributed by atoms with E-state index in [9.17, 15) is 0 Å². The smallest absolute Gasteiger partial charge is 0.193 e. The van der Waals surface area contributed by atoms with E-state index >= 15 is 0 Å². The maximum atomic E-state index is 4.80. The molecule has 0 aliphatic heterocycles. The molecule has 2 rings (SSSR count). The van der Waals surface area contributed by atoms with Gasteiger partial charge in [0.15, 0.2) is 5.96 Å². The Hall–Kier alpha value is -2.38. The summed E-state index contributed by atoms with van der Waals surface area (Å²) >= 11 is 0. The predicted octanol–water partition coefficient (Wildman–Crippen LogP) is -0.0265. The summed E-state index contributed by atoms with van der Waals surface area (Å²) in [6.07, 6.45) is 4.76. The fourth-order valence-electron chi connectivity index (χ4n) is 1.65. The Balaban J connectivity index is 1.79. The monoisotopic (exact) mass is 263 g/mol. The number of aliphatic imine (C=N–C) groups is 1. The molecule has 2 heterocycles. The first kappa shape index (κ1) is 13.1. The molecule has 1 N–H and O–H groups in total. The first-order valence-electron chi connectivity index (χ1n) is 5.93. The molecule has 0 radical (unpaired) electrons. The van der Waals surface area contributed by atoms with Gasteiger partial charge in [-0.25, -0.2) is 4.98 Å². The van der Waals surface area contributed by atoms with Gasteiger partial charge < -0.3 is 14.7 Å². The van der Waals surface area contributed by atoms with E-state index < -0.39 is 0 Å². The van der Waals surface area contributed by atoms with Crippen LogP contribution in [0.25, 0.3) is 0 Å². The van der Waals surface area contributed by atoms with E-state index in [0.29, 0.717) is 6.54 Å². The summed E-state index contributed by atoms with van der Waals surface area (Å²) in [5, 5.41) is 11.2. The van der Waals surface area contributed by atoms with Crippen LogP contribution in [0.2, 0.25) is 0 Å². The molecule has 2 aromatic rings. The van der Waals surface area contributed by atoms with Crippen LogP contribution in [0, 0.1) is 0 Å². The van der Waals surface area contributed by atoms with Crippen molar-refractivity contribution in [3.63, 3.8) is 0 Å². The van der Waals surface area contributed by atoms with E-state index in [2.05, 4.69) is 25.5 Å². The van der Waals surface area contributed by atoms with E-state index in [-0.39, 0.29) is 0 Å². The van der Waals surface area contributed by atoms with Crippen molar-refractivity contribution < 1.29 is 4.52 Å². The summed E-state index contributed by atoms with van der Waals surface area (Å²) in [5.41, 5.74) is 0.863. The lowest BCUT2D eigenvalue weighted by molar-refractivity contribution is 0.390. The highest BCUT2D eigenvalue weighted by molar-refractivity contribution is 5.79. The summed E-state index contributed by atoms with van der Waals surface area (Å²) in [5.74, 6) is 0.795. The molecular formula is C11H17N7O. The first-order chi connectivity index (χ1) is 9.29. The molecule has 0 bridgehead atoms. The van der Waals surface area contributed by atoms with Gasteiger partial charge in [0.2, 0.25) is 0 Å². The Kier molecular flexibility index (Phi) is 4.49. The summed E-state index contributed by atoms with van der Waals surface area (Å²) < 4.78 is 6.57. The average molecular weight is 263 g/mol. The normalized spacial score (nSPS) is 11.6. The third-order valence-corrected chi connectivity index (χ3v) is 2.55. The van der Waals surface area contributed by atoms with Gasteiger partial charge in [-0.3, -0.25) is 9.67 Å². The van der Waals surface area contributed by atoms with E-state index in [1.165, 1.54) is 6.33 Å².